The fraction of sp³-hybridized carbons (Fsp3) is 0.238. The SMILES string of the molecule is Cc1cc(Nc2c(C)cccc2C)nc(NCCc2ccccc2F)n1. The molecule has 0 bridgehead atoms. The first-order valence-corrected chi connectivity index (χ1v) is 8.69. The summed E-state index contributed by atoms with van der Waals surface area (Å²) in [5, 5.41) is 6.58. The summed E-state index contributed by atoms with van der Waals surface area (Å²) < 4.78 is 13.7. The normalized spacial score (nSPS) is 10.6. The van der Waals surface area contributed by atoms with E-state index in [4.69, 9.17) is 0 Å². The van der Waals surface area contributed by atoms with Gasteiger partial charge in [0.25, 0.3) is 0 Å². The molecule has 2 N–H and O–H groups in total. The summed E-state index contributed by atoms with van der Waals surface area (Å²) in [6.07, 6.45) is 0.573. The lowest BCUT2D eigenvalue weighted by molar-refractivity contribution is 0.610. The van der Waals surface area contributed by atoms with Crippen LogP contribution in [-0.4, -0.2) is 16.5 Å². The topological polar surface area (TPSA) is 49.8 Å². The summed E-state index contributed by atoms with van der Waals surface area (Å²) >= 11 is 0. The Bertz CT molecular complexity index is 888. The van der Waals surface area contributed by atoms with Crippen LogP contribution in [0, 0.1) is 26.6 Å². The van der Waals surface area contributed by atoms with Crippen molar-refractivity contribution in [3.05, 3.63) is 76.7 Å². The van der Waals surface area contributed by atoms with Crippen LogP contribution in [0.25, 0.3) is 0 Å². The largest absolute Gasteiger partial charge is 0.354 e. The van der Waals surface area contributed by atoms with E-state index in [1.807, 2.05) is 25.1 Å². The van der Waals surface area contributed by atoms with Crippen LogP contribution < -0.4 is 10.6 Å². The molecule has 5 heteroatoms. The van der Waals surface area contributed by atoms with Crippen LogP contribution >= 0.6 is 0 Å². The molecular formula is C21H23FN4. The maximum atomic E-state index is 13.7. The van der Waals surface area contributed by atoms with Crippen LogP contribution in [0.3, 0.4) is 0 Å². The van der Waals surface area contributed by atoms with Gasteiger partial charge in [-0.3, -0.25) is 0 Å². The summed E-state index contributed by atoms with van der Waals surface area (Å²) in [5.74, 6) is 1.09. The monoisotopic (exact) mass is 350 g/mol. The molecule has 4 nitrogen and oxygen atoms in total. The van der Waals surface area contributed by atoms with Gasteiger partial charge in [0.05, 0.1) is 0 Å². The summed E-state index contributed by atoms with van der Waals surface area (Å²) in [6.45, 7) is 6.63. The van der Waals surface area contributed by atoms with Crippen LogP contribution in [0.1, 0.15) is 22.4 Å². The summed E-state index contributed by atoms with van der Waals surface area (Å²) in [7, 11) is 0. The zero-order valence-corrected chi connectivity index (χ0v) is 15.3. The minimum Gasteiger partial charge on any atom is -0.354 e. The Morgan fingerprint density at radius 3 is 2.38 bits per heavy atom. The molecule has 0 amide bonds. The van der Waals surface area contributed by atoms with Gasteiger partial charge in [-0.05, 0) is 49.9 Å². The lowest BCUT2D eigenvalue weighted by atomic mass is 10.1. The molecule has 2 aromatic carbocycles. The van der Waals surface area contributed by atoms with E-state index in [0.717, 1.165) is 28.3 Å². The molecule has 0 spiro atoms. The van der Waals surface area contributed by atoms with Gasteiger partial charge in [-0.25, -0.2) is 9.37 Å². The Morgan fingerprint density at radius 2 is 1.65 bits per heavy atom. The summed E-state index contributed by atoms with van der Waals surface area (Å²) in [5.41, 5.74) is 4.93. The van der Waals surface area contributed by atoms with Crippen molar-refractivity contribution in [1.29, 1.82) is 0 Å². The number of aryl methyl sites for hydroxylation is 3. The van der Waals surface area contributed by atoms with Crippen molar-refractivity contribution in [2.75, 3.05) is 17.2 Å². The molecule has 0 radical (unpaired) electrons. The number of rotatable bonds is 6. The average Bonchev–Trinajstić information content (AvgIpc) is 2.60. The number of benzene rings is 2. The highest BCUT2D eigenvalue weighted by atomic mass is 19.1. The molecule has 0 saturated heterocycles. The van der Waals surface area contributed by atoms with Crippen LogP contribution in [0.5, 0.6) is 0 Å². The fourth-order valence-electron chi connectivity index (χ4n) is 2.86. The number of aromatic nitrogens is 2. The minimum absolute atomic E-state index is 0.183. The third-order valence-corrected chi connectivity index (χ3v) is 4.22. The molecule has 0 saturated carbocycles. The average molecular weight is 350 g/mol. The molecule has 0 aliphatic heterocycles. The third-order valence-electron chi connectivity index (χ3n) is 4.22. The molecule has 3 aromatic rings. The first-order valence-electron chi connectivity index (χ1n) is 8.69. The Hall–Kier alpha value is -2.95. The smallest absolute Gasteiger partial charge is 0.224 e. The van der Waals surface area contributed by atoms with Crippen molar-refractivity contribution >= 4 is 17.5 Å². The number of hydrogen-bond donors (Lipinski definition) is 2. The maximum absolute atomic E-state index is 13.7. The molecule has 1 heterocycles. The zero-order valence-electron chi connectivity index (χ0n) is 15.3. The van der Waals surface area contributed by atoms with Gasteiger partial charge < -0.3 is 10.6 Å². The van der Waals surface area contributed by atoms with E-state index in [1.54, 1.807) is 12.1 Å². The molecule has 134 valence electrons. The predicted molar refractivity (Wildman–Crippen MR) is 105 cm³/mol. The van der Waals surface area contributed by atoms with E-state index in [9.17, 15) is 4.39 Å². The molecule has 0 aliphatic rings. The van der Waals surface area contributed by atoms with Crippen LogP contribution in [0.2, 0.25) is 0 Å². The first kappa shape index (κ1) is 17.9. The highest BCUT2D eigenvalue weighted by Crippen LogP contribution is 2.24. The fourth-order valence-corrected chi connectivity index (χ4v) is 2.86. The van der Waals surface area contributed by atoms with E-state index in [0.29, 0.717) is 24.5 Å². The van der Waals surface area contributed by atoms with Crippen molar-refractivity contribution < 1.29 is 4.39 Å². The van der Waals surface area contributed by atoms with Gasteiger partial charge >= 0.3 is 0 Å². The minimum atomic E-state index is -0.183. The molecule has 0 atom stereocenters. The van der Waals surface area contributed by atoms with Gasteiger partial charge in [-0.1, -0.05) is 36.4 Å². The van der Waals surface area contributed by atoms with E-state index < -0.39 is 0 Å². The highest BCUT2D eigenvalue weighted by Gasteiger charge is 2.07. The van der Waals surface area contributed by atoms with Gasteiger partial charge in [0, 0.05) is 24.0 Å². The Morgan fingerprint density at radius 1 is 0.923 bits per heavy atom. The number of hydrogen-bond acceptors (Lipinski definition) is 4. The van der Waals surface area contributed by atoms with E-state index in [1.165, 1.54) is 6.07 Å². The summed E-state index contributed by atoms with van der Waals surface area (Å²) in [6, 6.07) is 14.9. The lowest BCUT2D eigenvalue weighted by Crippen LogP contribution is -2.10. The summed E-state index contributed by atoms with van der Waals surface area (Å²) in [4.78, 5) is 8.96. The maximum Gasteiger partial charge on any atom is 0.224 e. The first-order chi connectivity index (χ1) is 12.5. The van der Waals surface area contributed by atoms with Gasteiger partial charge in [0.15, 0.2) is 0 Å². The zero-order chi connectivity index (χ0) is 18.5. The quantitative estimate of drug-likeness (QED) is 0.661. The second-order valence-electron chi connectivity index (χ2n) is 6.38. The van der Waals surface area contributed by atoms with Gasteiger partial charge in [-0.15, -0.1) is 0 Å². The van der Waals surface area contributed by atoms with Crippen LogP contribution in [0.4, 0.5) is 21.8 Å². The molecule has 26 heavy (non-hydrogen) atoms. The lowest BCUT2D eigenvalue weighted by Gasteiger charge is -2.13. The van der Waals surface area contributed by atoms with Crippen molar-refractivity contribution in [2.24, 2.45) is 0 Å². The number of para-hydroxylation sites is 1. The van der Waals surface area contributed by atoms with Crippen molar-refractivity contribution in [1.82, 2.24) is 9.97 Å². The predicted octanol–water partition coefficient (Wildman–Crippen LogP) is 4.94. The Balaban J connectivity index is 1.71. The van der Waals surface area contributed by atoms with Crippen molar-refractivity contribution in [2.45, 2.75) is 27.2 Å². The van der Waals surface area contributed by atoms with E-state index in [2.05, 4.69) is 46.6 Å². The number of nitrogens with one attached hydrogen (secondary N) is 2. The molecular weight excluding hydrogens is 327 g/mol. The van der Waals surface area contributed by atoms with Crippen LogP contribution in [-0.2, 0) is 6.42 Å². The van der Waals surface area contributed by atoms with Crippen molar-refractivity contribution in [3.63, 3.8) is 0 Å². The van der Waals surface area contributed by atoms with Gasteiger partial charge in [0.2, 0.25) is 5.95 Å². The molecule has 0 fully saturated rings. The molecule has 1 aromatic heterocycles. The molecule has 3 rings (SSSR count). The van der Waals surface area contributed by atoms with E-state index >= 15 is 0 Å². The van der Waals surface area contributed by atoms with Crippen LogP contribution in [0.15, 0.2) is 48.5 Å². The standard InChI is InChI=1S/C21H23FN4/c1-14-7-6-8-15(2)20(14)25-19-13-16(3)24-21(26-19)23-12-11-17-9-4-5-10-18(17)22/h4-10,13H,11-12H2,1-3H3,(H2,23,24,25,26). The van der Waals surface area contributed by atoms with Crippen molar-refractivity contribution in [3.8, 4) is 0 Å². The highest BCUT2D eigenvalue weighted by molar-refractivity contribution is 5.65. The second kappa shape index (κ2) is 7.95. The number of halogens is 1. The van der Waals surface area contributed by atoms with Gasteiger partial charge in [-0.2, -0.15) is 4.98 Å². The van der Waals surface area contributed by atoms with Gasteiger partial charge in [0.1, 0.15) is 11.6 Å². The Labute approximate surface area is 153 Å². The third kappa shape index (κ3) is 4.36. The Kier molecular flexibility index (Phi) is 5.46. The number of nitrogens with zero attached hydrogens (tertiary/aromatic N) is 2. The second-order valence-corrected chi connectivity index (χ2v) is 6.38. The van der Waals surface area contributed by atoms with E-state index in [-0.39, 0.29) is 5.82 Å². The molecule has 0 aliphatic carbocycles. The number of anilines is 3. The molecule has 0 unspecified atom stereocenters.